The maximum Gasteiger partial charge on any atom is 0.417 e. The molecule has 5 fully saturated rings. The van der Waals surface area contributed by atoms with E-state index in [4.69, 9.17) is 9.72 Å². The fourth-order valence-electron chi connectivity index (χ4n) is 7.10. The van der Waals surface area contributed by atoms with E-state index in [1.165, 1.54) is 12.8 Å². The average Bonchev–Trinajstić information content (AvgIpc) is 3.54. The van der Waals surface area contributed by atoms with Gasteiger partial charge in [0.05, 0.1) is 5.56 Å². The molecule has 4 heterocycles. The van der Waals surface area contributed by atoms with Gasteiger partial charge in [-0.2, -0.15) is 18.3 Å². The first-order chi connectivity index (χ1) is 18.1. The van der Waals surface area contributed by atoms with Crippen LogP contribution in [0.2, 0.25) is 0 Å². The van der Waals surface area contributed by atoms with Gasteiger partial charge in [-0.25, -0.2) is 14.8 Å². The number of nitrogens with one attached hydrogen (secondary N) is 1. The molecule has 2 amide bonds. The number of aromatic nitrogens is 4. The number of likely N-dealkylation sites (tertiary alicyclic amines) is 2. The summed E-state index contributed by atoms with van der Waals surface area (Å²) < 4.78 is 44.6. The second kappa shape index (κ2) is 8.32. The van der Waals surface area contributed by atoms with Gasteiger partial charge in [0, 0.05) is 55.2 Å². The summed E-state index contributed by atoms with van der Waals surface area (Å²) in [6.07, 6.45) is 4.55. The molecule has 8 nitrogen and oxygen atoms in total. The van der Waals surface area contributed by atoms with Crippen molar-refractivity contribution >= 4 is 6.03 Å². The number of ether oxygens (including phenoxy) is 1. The Labute approximate surface area is 219 Å². The summed E-state index contributed by atoms with van der Waals surface area (Å²) in [5, 5.41) is 7.53. The fraction of sp³-hybridized carbons (Fsp3) is 0.704. The first kappa shape index (κ1) is 24.2. The third-order valence-corrected chi connectivity index (χ3v) is 9.58. The Balaban J connectivity index is 0.849. The number of nitrogens with zero attached hydrogens (tertiary/aromatic N) is 5. The van der Waals surface area contributed by atoms with E-state index in [-0.39, 0.29) is 28.8 Å². The topological polar surface area (TPSA) is 87.2 Å². The SMILES string of the molecule is Cc1cc(C(F)(F)F)cnc1OC1CC2(CCN(C(=O)N3CC4(CC(c5nc(C6CC6)n[nH]5)C4)C3)CC2)C1. The number of carbonyl (C=O) groups is 1. The number of carbonyl (C=O) groups excluding carboxylic acids is 1. The van der Waals surface area contributed by atoms with Gasteiger partial charge in [-0.15, -0.1) is 0 Å². The van der Waals surface area contributed by atoms with Crippen molar-refractivity contribution in [1.29, 1.82) is 0 Å². The number of H-pyrrole nitrogens is 1. The van der Waals surface area contributed by atoms with Crippen molar-refractivity contribution in [2.75, 3.05) is 26.2 Å². The van der Waals surface area contributed by atoms with Crippen LogP contribution in [-0.4, -0.2) is 68.3 Å². The number of hydrogen-bond donors (Lipinski definition) is 1. The number of aromatic amines is 1. The molecule has 2 aromatic rings. The Hall–Kier alpha value is -2.85. The summed E-state index contributed by atoms with van der Waals surface area (Å²) in [5.74, 6) is 3.29. The molecule has 38 heavy (non-hydrogen) atoms. The summed E-state index contributed by atoms with van der Waals surface area (Å²) in [7, 11) is 0. The zero-order valence-electron chi connectivity index (χ0n) is 21.6. The first-order valence-corrected chi connectivity index (χ1v) is 13.8. The van der Waals surface area contributed by atoms with Gasteiger partial charge in [-0.05, 0) is 69.8 Å². The van der Waals surface area contributed by atoms with Gasteiger partial charge in [0.25, 0.3) is 0 Å². The van der Waals surface area contributed by atoms with Gasteiger partial charge >= 0.3 is 12.2 Å². The van der Waals surface area contributed by atoms with E-state index in [2.05, 4.69) is 15.2 Å². The Morgan fingerprint density at radius 3 is 2.39 bits per heavy atom. The van der Waals surface area contributed by atoms with Gasteiger partial charge in [-0.1, -0.05) is 0 Å². The normalized spacial score (nSPS) is 24.7. The van der Waals surface area contributed by atoms with Crippen LogP contribution in [0.15, 0.2) is 12.3 Å². The van der Waals surface area contributed by atoms with Crippen LogP contribution in [0.25, 0.3) is 0 Å². The van der Waals surface area contributed by atoms with Crippen LogP contribution in [-0.2, 0) is 6.18 Å². The quantitative estimate of drug-likeness (QED) is 0.600. The molecule has 2 spiro atoms. The van der Waals surface area contributed by atoms with E-state index in [0.29, 0.717) is 17.4 Å². The van der Waals surface area contributed by atoms with Crippen LogP contribution in [0.3, 0.4) is 0 Å². The molecular formula is C27H33F3N6O2. The molecule has 0 aromatic carbocycles. The van der Waals surface area contributed by atoms with Gasteiger partial charge in [-0.3, -0.25) is 5.10 Å². The number of aryl methyl sites for hydroxylation is 1. The monoisotopic (exact) mass is 530 g/mol. The molecule has 2 aliphatic heterocycles. The molecule has 0 atom stereocenters. The van der Waals surface area contributed by atoms with Crippen molar-refractivity contribution in [3.8, 4) is 5.88 Å². The van der Waals surface area contributed by atoms with E-state index in [9.17, 15) is 18.0 Å². The van der Waals surface area contributed by atoms with Crippen LogP contribution in [0, 0.1) is 17.8 Å². The highest BCUT2D eigenvalue weighted by Crippen LogP contribution is 2.56. The molecule has 1 N–H and O–H groups in total. The minimum atomic E-state index is -4.41. The second-order valence-corrected chi connectivity index (χ2v) is 12.6. The van der Waals surface area contributed by atoms with Crippen molar-refractivity contribution in [1.82, 2.24) is 30.0 Å². The minimum absolute atomic E-state index is 0.0355. The lowest BCUT2D eigenvalue weighted by atomic mass is 9.57. The van der Waals surface area contributed by atoms with Gasteiger partial charge in [0.15, 0.2) is 5.82 Å². The predicted molar refractivity (Wildman–Crippen MR) is 131 cm³/mol. The molecular weight excluding hydrogens is 497 g/mol. The second-order valence-electron chi connectivity index (χ2n) is 12.6. The van der Waals surface area contributed by atoms with E-state index in [1.54, 1.807) is 6.92 Å². The van der Waals surface area contributed by atoms with E-state index >= 15 is 0 Å². The summed E-state index contributed by atoms with van der Waals surface area (Å²) in [6.45, 7) is 4.76. The number of pyridine rings is 1. The molecule has 11 heteroatoms. The van der Waals surface area contributed by atoms with E-state index in [0.717, 1.165) is 88.6 Å². The Morgan fingerprint density at radius 2 is 1.76 bits per heavy atom. The number of rotatable bonds is 4. The summed E-state index contributed by atoms with van der Waals surface area (Å²) >= 11 is 0. The summed E-state index contributed by atoms with van der Waals surface area (Å²) in [6, 6.07) is 1.24. The van der Waals surface area contributed by atoms with Crippen molar-refractivity contribution < 1.29 is 22.7 Å². The van der Waals surface area contributed by atoms with E-state index < -0.39 is 11.7 Å². The zero-order valence-corrected chi connectivity index (χ0v) is 21.6. The molecule has 0 radical (unpaired) electrons. The number of halogens is 3. The van der Waals surface area contributed by atoms with Gasteiger partial charge in [0.2, 0.25) is 5.88 Å². The van der Waals surface area contributed by atoms with Crippen LogP contribution >= 0.6 is 0 Å². The summed E-state index contributed by atoms with van der Waals surface area (Å²) in [5.41, 5.74) is 0.0594. The van der Waals surface area contributed by atoms with Crippen molar-refractivity contribution in [3.05, 3.63) is 35.0 Å². The molecule has 204 valence electrons. The maximum absolute atomic E-state index is 13.1. The largest absolute Gasteiger partial charge is 0.474 e. The molecule has 7 rings (SSSR count). The molecule has 2 saturated heterocycles. The van der Waals surface area contributed by atoms with Gasteiger partial charge < -0.3 is 14.5 Å². The number of hydrogen-bond acceptors (Lipinski definition) is 5. The third-order valence-electron chi connectivity index (χ3n) is 9.58. The Kier molecular flexibility index (Phi) is 5.30. The fourth-order valence-corrected chi connectivity index (χ4v) is 7.10. The zero-order chi connectivity index (χ0) is 26.3. The highest BCUT2D eigenvalue weighted by Gasteiger charge is 2.56. The standard InChI is InChI=1S/C27H33F3N6O2/c1-16-8-19(27(28,29)30)13-31-23(16)38-20-11-25(12-20)4-6-35(7-5-25)24(37)36-14-26(15-36)9-18(10-26)22-32-21(33-34-22)17-2-3-17/h8,13,17-18,20H,2-7,9-12,14-15H2,1H3,(H,32,33,34). The lowest BCUT2D eigenvalue weighted by Gasteiger charge is -2.59. The number of alkyl halides is 3. The third kappa shape index (κ3) is 4.22. The van der Waals surface area contributed by atoms with Crippen molar-refractivity contribution in [2.24, 2.45) is 10.8 Å². The lowest BCUT2D eigenvalue weighted by Crippen LogP contribution is -2.66. The van der Waals surface area contributed by atoms with Crippen LogP contribution in [0.5, 0.6) is 5.88 Å². The summed E-state index contributed by atoms with van der Waals surface area (Å²) in [4.78, 5) is 25.7. The van der Waals surface area contributed by atoms with E-state index in [1.807, 2.05) is 9.80 Å². The number of amides is 2. The predicted octanol–water partition coefficient (Wildman–Crippen LogP) is 5.03. The lowest BCUT2D eigenvalue weighted by molar-refractivity contribution is -0.137. The average molecular weight is 531 g/mol. The molecule has 3 aliphatic carbocycles. The minimum Gasteiger partial charge on any atom is -0.474 e. The van der Waals surface area contributed by atoms with Gasteiger partial charge in [0.1, 0.15) is 11.9 Å². The first-order valence-electron chi connectivity index (χ1n) is 13.8. The molecule has 0 unspecified atom stereocenters. The number of piperidine rings is 1. The van der Waals surface area contributed by atoms with Crippen molar-refractivity contribution in [3.63, 3.8) is 0 Å². The number of urea groups is 1. The highest BCUT2D eigenvalue weighted by molar-refractivity contribution is 5.76. The smallest absolute Gasteiger partial charge is 0.417 e. The van der Waals surface area contributed by atoms with Crippen LogP contribution < -0.4 is 4.74 Å². The van der Waals surface area contributed by atoms with Crippen LogP contribution in [0.1, 0.15) is 86.0 Å². The van der Waals surface area contributed by atoms with Crippen LogP contribution in [0.4, 0.5) is 18.0 Å². The molecule has 0 bridgehead atoms. The Morgan fingerprint density at radius 1 is 1.05 bits per heavy atom. The molecule has 2 aromatic heterocycles. The molecule has 5 aliphatic rings. The highest BCUT2D eigenvalue weighted by atomic mass is 19.4. The maximum atomic E-state index is 13.1. The van der Waals surface area contributed by atoms with Crippen molar-refractivity contribution in [2.45, 2.75) is 82.4 Å². The Bertz CT molecular complexity index is 1230. The molecule has 3 saturated carbocycles.